The van der Waals surface area contributed by atoms with Crippen LogP contribution >= 0.6 is 11.3 Å². The Bertz CT molecular complexity index is 1460. The molecule has 0 unspecified atom stereocenters. The number of hydrogen-bond acceptors (Lipinski definition) is 5. The number of likely N-dealkylation sites (tertiary alicyclic amines) is 1. The van der Waals surface area contributed by atoms with E-state index in [0.29, 0.717) is 40.4 Å². The Hall–Kier alpha value is -3.52. The summed E-state index contributed by atoms with van der Waals surface area (Å²) >= 11 is 1.43. The molecule has 0 bridgehead atoms. The van der Waals surface area contributed by atoms with E-state index in [9.17, 15) is 14.0 Å². The van der Waals surface area contributed by atoms with Gasteiger partial charge in [-0.25, -0.2) is 9.37 Å². The highest BCUT2D eigenvalue weighted by Gasteiger charge is 2.26. The SMILES string of the molecule is Cc1sc2nc(/C(=C/c3ccc(-c4ccccc4F)o3)C(=O)N3CCCC3)[nH]c(=O)c2c1C. The van der Waals surface area contributed by atoms with Crippen molar-refractivity contribution in [1.29, 1.82) is 0 Å². The maximum atomic E-state index is 14.2. The number of carbonyl (C=O) groups is 1. The largest absolute Gasteiger partial charge is 0.457 e. The van der Waals surface area contributed by atoms with Gasteiger partial charge in [0.1, 0.15) is 28.0 Å². The molecule has 0 spiro atoms. The van der Waals surface area contributed by atoms with Crippen molar-refractivity contribution in [3.8, 4) is 11.3 Å². The van der Waals surface area contributed by atoms with E-state index < -0.39 is 5.82 Å². The summed E-state index contributed by atoms with van der Waals surface area (Å²) in [4.78, 5) is 37.0. The third-order valence-corrected chi connectivity index (χ3v) is 7.07. The number of thiophene rings is 1. The predicted octanol–water partition coefficient (Wildman–Crippen LogP) is 5.16. The summed E-state index contributed by atoms with van der Waals surface area (Å²) in [6.07, 6.45) is 3.44. The molecule has 1 aromatic carbocycles. The number of H-pyrrole nitrogens is 1. The fraction of sp³-hybridized carbons (Fsp3) is 0.240. The fourth-order valence-corrected chi connectivity index (χ4v) is 5.11. The fourth-order valence-electron chi connectivity index (χ4n) is 4.08. The molecule has 1 saturated heterocycles. The Morgan fingerprint density at radius 2 is 1.94 bits per heavy atom. The molecule has 6 nitrogen and oxygen atoms in total. The van der Waals surface area contributed by atoms with Crippen molar-refractivity contribution < 1.29 is 13.6 Å². The molecule has 5 rings (SSSR count). The van der Waals surface area contributed by atoms with E-state index in [1.165, 1.54) is 17.4 Å². The number of benzene rings is 1. The summed E-state index contributed by atoms with van der Waals surface area (Å²) in [5.74, 6) is 0.319. The smallest absolute Gasteiger partial charge is 0.260 e. The Morgan fingerprint density at radius 1 is 1.18 bits per heavy atom. The standard InChI is InChI=1S/C25H22FN3O3S/c1-14-15(2)33-24-21(14)23(30)27-22(28-24)18(25(31)29-11-5-6-12-29)13-16-9-10-20(32-16)17-7-3-4-8-19(17)26/h3-4,7-10,13H,5-6,11-12H2,1-2H3,(H,27,28,30)/b18-13-. The third-order valence-electron chi connectivity index (χ3n) is 5.97. The maximum absolute atomic E-state index is 14.2. The second-order valence-corrected chi connectivity index (χ2v) is 9.32. The van der Waals surface area contributed by atoms with Crippen LogP contribution in [0.15, 0.2) is 45.6 Å². The second kappa shape index (κ2) is 8.44. The zero-order chi connectivity index (χ0) is 23.1. The van der Waals surface area contributed by atoms with E-state index in [2.05, 4.69) is 9.97 Å². The second-order valence-electron chi connectivity index (χ2n) is 8.12. The molecule has 0 aliphatic carbocycles. The third kappa shape index (κ3) is 3.91. The molecule has 8 heteroatoms. The van der Waals surface area contributed by atoms with Gasteiger partial charge in [-0.15, -0.1) is 11.3 Å². The van der Waals surface area contributed by atoms with Crippen molar-refractivity contribution in [1.82, 2.24) is 14.9 Å². The van der Waals surface area contributed by atoms with Gasteiger partial charge in [-0.2, -0.15) is 0 Å². The molecule has 0 radical (unpaired) electrons. The van der Waals surface area contributed by atoms with Gasteiger partial charge in [0.05, 0.1) is 16.5 Å². The van der Waals surface area contributed by atoms with Crippen molar-refractivity contribution in [2.45, 2.75) is 26.7 Å². The first-order valence-corrected chi connectivity index (χ1v) is 11.6. The van der Waals surface area contributed by atoms with E-state index in [1.54, 1.807) is 41.3 Å². The number of fused-ring (bicyclic) bond motifs is 1. The Balaban J connectivity index is 1.62. The van der Waals surface area contributed by atoms with Crippen LogP contribution in [-0.2, 0) is 4.79 Å². The van der Waals surface area contributed by atoms with Gasteiger partial charge in [0.15, 0.2) is 0 Å². The zero-order valence-electron chi connectivity index (χ0n) is 18.3. The number of furan rings is 1. The van der Waals surface area contributed by atoms with Crippen LogP contribution in [-0.4, -0.2) is 33.9 Å². The molecular formula is C25H22FN3O3S. The molecule has 1 N–H and O–H groups in total. The summed E-state index contributed by atoms with van der Waals surface area (Å²) in [5.41, 5.74) is 1.20. The highest BCUT2D eigenvalue weighted by Crippen LogP contribution is 2.30. The van der Waals surface area contributed by atoms with Crippen LogP contribution in [0, 0.1) is 19.7 Å². The van der Waals surface area contributed by atoms with Gasteiger partial charge in [0, 0.05) is 18.0 Å². The number of rotatable bonds is 4. The predicted molar refractivity (Wildman–Crippen MR) is 128 cm³/mol. The Morgan fingerprint density at radius 3 is 2.70 bits per heavy atom. The minimum atomic E-state index is -0.393. The number of aromatic amines is 1. The number of halogens is 1. The molecule has 168 valence electrons. The lowest BCUT2D eigenvalue weighted by atomic mass is 10.1. The average Bonchev–Trinajstić information content (AvgIpc) is 3.54. The maximum Gasteiger partial charge on any atom is 0.260 e. The lowest BCUT2D eigenvalue weighted by Gasteiger charge is -2.17. The minimum Gasteiger partial charge on any atom is -0.457 e. The molecule has 4 aromatic rings. The number of nitrogens with one attached hydrogen (secondary N) is 1. The zero-order valence-corrected chi connectivity index (χ0v) is 19.1. The average molecular weight is 464 g/mol. The first-order chi connectivity index (χ1) is 15.9. The van der Waals surface area contributed by atoms with Crippen LogP contribution in [0.5, 0.6) is 0 Å². The monoisotopic (exact) mass is 463 g/mol. The first kappa shape index (κ1) is 21.3. The molecule has 1 fully saturated rings. The number of aromatic nitrogens is 2. The van der Waals surface area contributed by atoms with Crippen molar-refractivity contribution in [2.75, 3.05) is 13.1 Å². The van der Waals surface area contributed by atoms with Gasteiger partial charge in [-0.05, 0) is 62.6 Å². The van der Waals surface area contributed by atoms with Crippen molar-refractivity contribution in [3.63, 3.8) is 0 Å². The molecule has 1 aliphatic heterocycles. The van der Waals surface area contributed by atoms with Gasteiger partial charge in [0.25, 0.3) is 11.5 Å². The van der Waals surface area contributed by atoms with Crippen LogP contribution in [0.3, 0.4) is 0 Å². The van der Waals surface area contributed by atoms with Gasteiger partial charge < -0.3 is 14.3 Å². The number of nitrogens with zero attached hydrogens (tertiary/aromatic N) is 2. The molecule has 1 aliphatic rings. The van der Waals surface area contributed by atoms with Crippen LogP contribution in [0.4, 0.5) is 4.39 Å². The number of aryl methyl sites for hydroxylation is 2. The summed E-state index contributed by atoms with van der Waals surface area (Å²) < 4.78 is 20.0. The lowest BCUT2D eigenvalue weighted by Crippen LogP contribution is -2.29. The Labute approximate surface area is 193 Å². The summed E-state index contributed by atoms with van der Waals surface area (Å²) in [6.45, 7) is 5.14. The minimum absolute atomic E-state index is 0.203. The molecule has 4 heterocycles. The normalized spacial score (nSPS) is 14.4. The number of amides is 1. The van der Waals surface area contributed by atoms with Gasteiger partial charge in [-0.3, -0.25) is 9.59 Å². The van der Waals surface area contributed by atoms with Gasteiger partial charge >= 0.3 is 0 Å². The summed E-state index contributed by atoms with van der Waals surface area (Å²) in [7, 11) is 0. The van der Waals surface area contributed by atoms with Crippen LogP contribution in [0.2, 0.25) is 0 Å². The molecule has 33 heavy (non-hydrogen) atoms. The van der Waals surface area contributed by atoms with Crippen LogP contribution in [0.1, 0.15) is 34.9 Å². The van der Waals surface area contributed by atoms with E-state index in [-0.39, 0.29) is 22.9 Å². The van der Waals surface area contributed by atoms with E-state index in [0.717, 1.165) is 23.3 Å². The van der Waals surface area contributed by atoms with Crippen LogP contribution < -0.4 is 5.56 Å². The number of carbonyl (C=O) groups excluding carboxylic acids is 1. The summed E-state index contributed by atoms with van der Waals surface area (Å²) in [6, 6.07) is 9.68. The molecular weight excluding hydrogens is 441 g/mol. The lowest BCUT2D eigenvalue weighted by molar-refractivity contribution is -0.123. The molecule has 1 amide bonds. The highest BCUT2D eigenvalue weighted by molar-refractivity contribution is 7.18. The number of hydrogen-bond donors (Lipinski definition) is 1. The van der Waals surface area contributed by atoms with Crippen molar-refractivity contribution in [3.05, 3.63) is 74.6 Å². The van der Waals surface area contributed by atoms with Gasteiger partial charge in [0.2, 0.25) is 0 Å². The van der Waals surface area contributed by atoms with E-state index in [4.69, 9.17) is 4.42 Å². The van der Waals surface area contributed by atoms with Gasteiger partial charge in [-0.1, -0.05) is 12.1 Å². The Kier molecular flexibility index (Phi) is 5.46. The summed E-state index contributed by atoms with van der Waals surface area (Å²) in [5, 5.41) is 0.550. The van der Waals surface area contributed by atoms with Crippen molar-refractivity contribution >= 4 is 39.1 Å². The van der Waals surface area contributed by atoms with E-state index >= 15 is 0 Å². The molecule has 0 atom stereocenters. The quantitative estimate of drug-likeness (QED) is 0.424. The first-order valence-electron chi connectivity index (χ1n) is 10.8. The highest BCUT2D eigenvalue weighted by atomic mass is 32.1. The molecule has 0 saturated carbocycles. The topological polar surface area (TPSA) is 79.2 Å². The molecule has 3 aromatic heterocycles. The van der Waals surface area contributed by atoms with Crippen molar-refractivity contribution in [2.24, 2.45) is 0 Å². The van der Waals surface area contributed by atoms with E-state index in [1.807, 2.05) is 13.8 Å². The van der Waals surface area contributed by atoms with Crippen LogP contribution in [0.25, 0.3) is 33.2 Å².